The van der Waals surface area contributed by atoms with Crippen molar-refractivity contribution in [2.45, 2.75) is 13.0 Å². The average molecular weight is 460 g/mol. The van der Waals surface area contributed by atoms with E-state index in [4.69, 9.17) is 4.98 Å². The van der Waals surface area contributed by atoms with Gasteiger partial charge in [-0.3, -0.25) is 0 Å². The fraction of sp³-hybridized carbons (Fsp3) is 0.174. The van der Waals surface area contributed by atoms with Gasteiger partial charge in [-0.15, -0.1) is 0 Å². The minimum atomic E-state index is -4.23. The Morgan fingerprint density at radius 2 is 1.50 bits per heavy atom. The number of benzene rings is 3. The number of aliphatic hydroxyl groups excluding tert-OH is 1. The summed E-state index contributed by atoms with van der Waals surface area (Å²) in [7, 11) is -4.23. The van der Waals surface area contributed by atoms with Crippen molar-refractivity contribution in [3.8, 4) is 0 Å². The second-order valence-corrected chi connectivity index (χ2v) is 8.79. The maximum Gasteiger partial charge on any atom is 1.00 e. The van der Waals surface area contributed by atoms with Gasteiger partial charge in [-0.1, -0.05) is 36.4 Å². The van der Waals surface area contributed by atoms with E-state index in [0.717, 1.165) is 38.9 Å². The molecule has 4 rings (SSSR count). The molecule has 0 atom stereocenters. The minimum Gasteiger partial charge on any atom is -0.748 e. The Morgan fingerprint density at radius 1 is 0.906 bits per heavy atom. The van der Waals surface area contributed by atoms with Crippen LogP contribution in [0.1, 0.15) is 12.0 Å². The van der Waals surface area contributed by atoms with E-state index < -0.39 is 15.9 Å². The Labute approximate surface area is 208 Å². The number of nitrogens with one attached hydrogen (secondary N) is 2. The van der Waals surface area contributed by atoms with Gasteiger partial charge in [-0.25, -0.2) is 13.4 Å². The molecule has 0 radical (unpaired) electrons. The first-order valence-electron chi connectivity index (χ1n) is 9.90. The van der Waals surface area contributed by atoms with Crippen LogP contribution in [0.25, 0.3) is 21.8 Å². The molecule has 0 bridgehead atoms. The van der Waals surface area contributed by atoms with Crippen LogP contribution in [0.4, 0.5) is 17.1 Å². The summed E-state index contributed by atoms with van der Waals surface area (Å²) in [6.45, 7) is 0.188. The summed E-state index contributed by atoms with van der Waals surface area (Å²) in [5.74, 6) is -0.417. The molecule has 32 heavy (non-hydrogen) atoms. The van der Waals surface area contributed by atoms with E-state index >= 15 is 0 Å². The Morgan fingerprint density at radius 3 is 2.09 bits per heavy atom. The summed E-state index contributed by atoms with van der Waals surface area (Å²) in [5.41, 5.74) is 4.86. The van der Waals surface area contributed by atoms with Crippen LogP contribution in [0.5, 0.6) is 0 Å². The fourth-order valence-corrected chi connectivity index (χ4v) is 4.06. The summed E-state index contributed by atoms with van der Waals surface area (Å²) < 4.78 is 32.3. The van der Waals surface area contributed by atoms with Crippen molar-refractivity contribution in [3.05, 3.63) is 72.3 Å². The number of pyridine rings is 1. The van der Waals surface area contributed by atoms with Gasteiger partial charge < -0.3 is 20.3 Å². The Bertz CT molecular complexity index is 1290. The zero-order chi connectivity index (χ0) is 21.8. The molecule has 0 aliphatic heterocycles. The van der Waals surface area contributed by atoms with Crippen molar-refractivity contribution in [2.24, 2.45) is 0 Å². The van der Waals surface area contributed by atoms with Crippen molar-refractivity contribution in [3.63, 3.8) is 0 Å². The van der Waals surface area contributed by atoms with Crippen LogP contribution in [0, 0.1) is 0 Å². The number of hydrogen-bond donors (Lipinski definition) is 3. The van der Waals surface area contributed by atoms with E-state index in [9.17, 15) is 18.1 Å². The van der Waals surface area contributed by atoms with Gasteiger partial charge in [0.2, 0.25) is 0 Å². The third-order valence-electron chi connectivity index (χ3n) is 4.93. The molecule has 0 aliphatic carbocycles. The van der Waals surface area contributed by atoms with Gasteiger partial charge in [-0.2, -0.15) is 0 Å². The van der Waals surface area contributed by atoms with Crippen molar-refractivity contribution in [1.82, 2.24) is 4.98 Å². The maximum absolute atomic E-state index is 10.8. The second kappa shape index (κ2) is 10.6. The van der Waals surface area contributed by atoms with Crippen LogP contribution in [-0.4, -0.2) is 35.4 Å². The largest absolute Gasteiger partial charge is 1.00 e. The summed E-state index contributed by atoms with van der Waals surface area (Å²) >= 11 is 0. The average Bonchev–Trinajstić information content (AvgIpc) is 2.76. The van der Waals surface area contributed by atoms with Gasteiger partial charge in [0, 0.05) is 34.4 Å². The van der Waals surface area contributed by atoms with E-state index in [1.165, 1.54) is 0 Å². The number of fused-ring (bicyclic) bond motifs is 2. The zero-order valence-corrected chi connectivity index (χ0v) is 20.5. The predicted molar refractivity (Wildman–Crippen MR) is 123 cm³/mol. The molecule has 4 aromatic rings. The molecule has 0 unspecified atom stereocenters. The molecule has 0 saturated carbocycles. The summed E-state index contributed by atoms with van der Waals surface area (Å²) in [6, 6.07) is 21.3. The van der Waals surface area contributed by atoms with Crippen LogP contribution in [0.15, 0.2) is 66.7 Å². The molecule has 0 saturated heterocycles. The normalized spacial score (nSPS) is 11.3. The molecule has 0 amide bonds. The van der Waals surface area contributed by atoms with Crippen molar-refractivity contribution in [1.29, 1.82) is 0 Å². The summed E-state index contributed by atoms with van der Waals surface area (Å²) in [5, 5.41) is 18.3. The van der Waals surface area contributed by atoms with Gasteiger partial charge in [-0.05, 0) is 42.3 Å². The molecule has 1 heterocycles. The number of para-hydroxylation sites is 2. The molecule has 9 heteroatoms. The van der Waals surface area contributed by atoms with Gasteiger partial charge in [0.25, 0.3) is 0 Å². The van der Waals surface area contributed by atoms with Crippen LogP contribution in [0.3, 0.4) is 0 Å². The van der Waals surface area contributed by atoms with E-state index in [0.29, 0.717) is 12.1 Å². The predicted octanol–water partition coefficient (Wildman–Crippen LogP) is 0.975. The summed E-state index contributed by atoms with van der Waals surface area (Å²) in [4.78, 5) is 4.73. The SMILES string of the molecule is O=S(=O)([O-])CCCNc1cc(CO)cc(Nc2c3ccccc3nc3ccccc23)c1.[Na+]. The molecular weight excluding hydrogens is 437 g/mol. The first kappa shape index (κ1) is 24.4. The van der Waals surface area contributed by atoms with Crippen LogP contribution in [-0.2, 0) is 16.7 Å². The third-order valence-corrected chi connectivity index (χ3v) is 5.72. The number of rotatable bonds is 8. The third kappa shape index (κ3) is 5.98. The van der Waals surface area contributed by atoms with Crippen LogP contribution < -0.4 is 40.2 Å². The smallest absolute Gasteiger partial charge is 0.748 e. The van der Waals surface area contributed by atoms with Crippen LogP contribution in [0.2, 0.25) is 0 Å². The first-order chi connectivity index (χ1) is 14.9. The summed E-state index contributed by atoms with van der Waals surface area (Å²) in [6.07, 6.45) is 0.206. The maximum atomic E-state index is 10.8. The van der Waals surface area contributed by atoms with Gasteiger partial charge >= 0.3 is 29.6 Å². The number of hydrogen-bond acceptors (Lipinski definition) is 7. The fourth-order valence-electron chi connectivity index (χ4n) is 3.56. The molecular formula is C23H22N3NaO4S. The van der Waals surface area contributed by atoms with E-state index in [1.807, 2.05) is 60.7 Å². The molecule has 1 aromatic heterocycles. The number of aliphatic hydroxyl groups is 1. The number of anilines is 3. The Hall–Kier alpha value is -2.20. The number of nitrogens with zero attached hydrogens (tertiary/aromatic N) is 1. The molecule has 0 spiro atoms. The van der Waals surface area contributed by atoms with E-state index in [-0.39, 0.29) is 42.6 Å². The monoisotopic (exact) mass is 459 g/mol. The molecule has 3 aromatic carbocycles. The molecule has 0 fully saturated rings. The molecule has 3 N–H and O–H groups in total. The van der Waals surface area contributed by atoms with E-state index in [2.05, 4.69) is 10.6 Å². The Kier molecular flexibility index (Phi) is 8.10. The number of aromatic nitrogens is 1. The van der Waals surface area contributed by atoms with Gasteiger partial charge in [0.05, 0.1) is 33.4 Å². The molecule has 0 aliphatic rings. The van der Waals surface area contributed by atoms with Crippen molar-refractivity contribution < 1.29 is 47.6 Å². The van der Waals surface area contributed by atoms with Crippen LogP contribution >= 0.6 is 0 Å². The van der Waals surface area contributed by atoms with Crippen molar-refractivity contribution >= 4 is 49.0 Å². The Balaban J connectivity index is 0.00000289. The molecule has 160 valence electrons. The zero-order valence-electron chi connectivity index (χ0n) is 17.7. The van der Waals surface area contributed by atoms with Crippen molar-refractivity contribution in [2.75, 3.05) is 22.9 Å². The molecule has 7 nitrogen and oxygen atoms in total. The topological polar surface area (TPSA) is 114 Å². The van der Waals surface area contributed by atoms with Gasteiger partial charge in [0.15, 0.2) is 0 Å². The standard InChI is InChI=1S/C23H23N3O4S.Na/c27-15-16-12-17(24-10-5-11-31(28,29)30)14-18(13-16)25-23-19-6-1-3-8-21(19)26-22-9-4-2-7-20(22)23;/h1-4,6-9,12-14,24,27H,5,10-11,15H2,(H,25,26)(H,28,29,30);/q;+1/p-1. The quantitative estimate of drug-likeness (QED) is 0.156. The van der Waals surface area contributed by atoms with Gasteiger partial charge in [0.1, 0.15) is 0 Å². The second-order valence-electron chi connectivity index (χ2n) is 7.26. The van der Waals surface area contributed by atoms with E-state index in [1.54, 1.807) is 6.07 Å². The minimum absolute atomic E-state index is 0. The first-order valence-corrected chi connectivity index (χ1v) is 11.5.